The van der Waals surface area contributed by atoms with E-state index in [1.54, 1.807) is 0 Å². The quantitative estimate of drug-likeness (QED) is 0.271. The van der Waals surface area contributed by atoms with Crippen molar-refractivity contribution in [1.82, 2.24) is 4.90 Å². The van der Waals surface area contributed by atoms with Crippen LogP contribution in [0.15, 0.2) is 48.5 Å². The van der Waals surface area contributed by atoms with Crippen LogP contribution in [0.2, 0.25) is 0 Å². The Balaban J connectivity index is 2.31. The molecule has 2 aromatic carbocycles. The van der Waals surface area contributed by atoms with Gasteiger partial charge in [0.2, 0.25) is 0 Å². The largest absolute Gasteiger partial charge is 0.330 e. The van der Waals surface area contributed by atoms with E-state index in [0.29, 0.717) is 13.0 Å². The first-order valence-corrected chi connectivity index (χ1v) is 9.40. The standard InChI is InChI=1S/C20H22N4O6/c21-11-3-1-2-4-12-22(19(25)15-7-5-9-17(13-15)23(27)28)20(26)16-8-6-10-18(14-16)24(29)30/h5-10,13-14H,1-4,11-12,21H2. The van der Waals surface area contributed by atoms with Gasteiger partial charge in [-0.1, -0.05) is 25.0 Å². The molecular formula is C20H22N4O6. The van der Waals surface area contributed by atoms with Gasteiger partial charge in [-0.15, -0.1) is 0 Å². The maximum Gasteiger partial charge on any atom is 0.270 e. The van der Waals surface area contributed by atoms with Gasteiger partial charge in [0.1, 0.15) is 0 Å². The van der Waals surface area contributed by atoms with Crippen LogP contribution in [0.1, 0.15) is 46.4 Å². The van der Waals surface area contributed by atoms with Crippen molar-refractivity contribution < 1.29 is 19.4 Å². The number of unbranched alkanes of at least 4 members (excludes halogenated alkanes) is 3. The molecule has 158 valence electrons. The monoisotopic (exact) mass is 414 g/mol. The summed E-state index contributed by atoms with van der Waals surface area (Å²) in [6.45, 7) is 0.622. The lowest BCUT2D eigenvalue weighted by atomic mass is 10.1. The highest BCUT2D eigenvalue weighted by molar-refractivity contribution is 6.10. The lowest BCUT2D eigenvalue weighted by Gasteiger charge is -2.21. The van der Waals surface area contributed by atoms with Gasteiger partial charge in [0.15, 0.2) is 0 Å². The fourth-order valence-electron chi connectivity index (χ4n) is 2.88. The minimum absolute atomic E-state index is 0.00932. The molecule has 2 rings (SSSR count). The Labute approximate surface area is 172 Å². The summed E-state index contributed by atoms with van der Waals surface area (Å²) in [5.41, 5.74) is 4.91. The summed E-state index contributed by atoms with van der Waals surface area (Å²) < 4.78 is 0. The summed E-state index contributed by atoms with van der Waals surface area (Å²) in [6.07, 6.45) is 2.90. The van der Waals surface area contributed by atoms with E-state index in [2.05, 4.69) is 0 Å². The van der Waals surface area contributed by atoms with Gasteiger partial charge in [0.25, 0.3) is 23.2 Å². The van der Waals surface area contributed by atoms with Gasteiger partial charge in [-0.3, -0.25) is 34.7 Å². The Morgan fingerprint density at radius 3 is 1.70 bits per heavy atom. The van der Waals surface area contributed by atoms with Gasteiger partial charge in [-0.05, 0) is 31.5 Å². The fourth-order valence-corrected chi connectivity index (χ4v) is 2.88. The first kappa shape index (κ1) is 22.6. The second kappa shape index (κ2) is 10.8. The van der Waals surface area contributed by atoms with Crippen LogP contribution in [0.25, 0.3) is 0 Å². The normalized spacial score (nSPS) is 10.4. The number of nitro groups is 2. The Morgan fingerprint density at radius 2 is 1.27 bits per heavy atom. The lowest BCUT2D eigenvalue weighted by molar-refractivity contribution is -0.385. The molecule has 0 bridgehead atoms. The lowest BCUT2D eigenvalue weighted by Crippen LogP contribution is -2.37. The second-order valence-corrected chi connectivity index (χ2v) is 6.58. The van der Waals surface area contributed by atoms with Gasteiger partial charge in [-0.2, -0.15) is 0 Å². The number of rotatable bonds is 10. The zero-order valence-electron chi connectivity index (χ0n) is 16.2. The molecular weight excluding hydrogens is 392 g/mol. The number of hydrogen-bond acceptors (Lipinski definition) is 7. The van der Waals surface area contributed by atoms with Crippen LogP contribution in [0.4, 0.5) is 11.4 Å². The first-order chi connectivity index (χ1) is 14.3. The van der Waals surface area contributed by atoms with Crippen molar-refractivity contribution in [2.75, 3.05) is 13.1 Å². The molecule has 0 saturated carbocycles. The molecule has 0 aromatic heterocycles. The number of amides is 2. The number of benzene rings is 2. The zero-order valence-corrected chi connectivity index (χ0v) is 16.2. The van der Waals surface area contributed by atoms with E-state index in [4.69, 9.17) is 5.73 Å². The zero-order chi connectivity index (χ0) is 22.1. The predicted octanol–water partition coefficient (Wildman–Crippen LogP) is 3.30. The number of nitrogens with zero attached hydrogens (tertiary/aromatic N) is 3. The third-order valence-corrected chi connectivity index (χ3v) is 4.43. The van der Waals surface area contributed by atoms with Gasteiger partial charge in [0.05, 0.1) is 9.85 Å². The minimum Gasteiger partial charge on any atom is -0.330 e. The number of nitrogens with two attached hydrogens (primary N) is 1. The summed E-state index contributed by atoms with van der Waals surface area (Å²) in [4.78, 5) is 47.7. The molecule has 2 amide bonds. The van der Waals surface area contributed by atoms with Crippen molar-refractivity contribution in [3.8, 4) is 0 Å². The predicted molar refractivity (Wildman–Crippen MR) is 109 cm³/mol. The Hall–Kier alpha value is -3.66. The summed E-state index contributed by atoms with van der Waals surface area (Å²) >= 11 is 0. The fraction of sp³-hybridized carbons (Fsp3) is 0.300. The van der Waals surface area contributed by atoms with Crippen molar-refractivity contribution in [3.05, 3.63) is 79.9 Å². The van der Waals surface area contributed by atoms with E-state index in [1.165, 1.54) is 36.4 Å². The molecule has 0 heterocycles. The molecule has 0 fully saturated rings. The van der Waals surface area contributed by atoms with Crippen molar-refractivity contribution in [2.24, 2.45) is 5.73 Å². The SMILES string of the molecule is NCCCCCCN(C(=O)c1cccc([N+](=O)[O-])c1)C(=O)c1cccc([N+](=O)[O-])c1. The van der Waals surface area contributed by atoms with Gasteiger partial charge in [0, 0.05) is 41.9 Å². The van der Waals surface area contributed by atoms with E-state index in [0.717, 1.165) is 36.3 Å². The maximum atomic E-state index is 13.0. The molecule has 0 atom stereocenters. The number of carbonyl (C=O) groups excluding carboxylic acids is 2. The highest BCUT2D eigenvalue weighted by Gasteiger charge is 2.26. The van der Waals surface area contributed by atoms with Crippen molar-refractivity contribution in [1.29, 1.82) is 0 Å². The topological polar surface area (TPSA) is 150 Å². The Bertz CT molecular complexity index is 877. The van der Waals surface area contributed by atoms with Crippen LogP contribution in [0.5, 0.6) is 0 Å². The van der Waals surface area contributed by atoms with Crippen LogP contribution in [-0.2, 0) is 0 Å². The molecule has 0 saturated heterocycles. The number of nitro benzene ring substituents is 2. The van der Waals surface area contributed by atoms with E-state index in [9.17, 15) is 29.8 Å². The van der Waals surface area contributed by atoms with E-state index < -0.39 is 21.7 Å². The van der Waals surface area contributed by atoms with E-state index >= 15 is 0 Å². The molecule has 10 heteroatoms. The number of hydrogen-bond donors (Lipinski definition) is 1. The van der Waals surface area contributed by atoms with Crippen molar-refractivity contribution in [2.45, 2.75) is 25.7 Å². The van der Waals surface area contributed by atoms with Gasteiger partial charge < -0.3 is 5.73 Å². The number of imide groups is 1. The molecule has 2 N–H and O–H groups in total. The van der Waals surface area contributed by atoms with Gasteiger partial charge >= 0.3 is 0 Å². The summed E-state index contributed by atoms with van der Waals surface area (Å²) in [7, 11) is 0. The highest BCUT2D eigenvalue weighted by atomic mass is 16.6. The smallest absolute Gasteiger partial charge is 0.270 e. The molecule has 0 radical (unpaired) electrons. The summed E-state index contributed by atoms with van der Waals surface area (Å²) in [6, 6.07) is 10.2. The molecule has 0 aliphatic rings. The second-order valence-electron chi connectivity index (χ2n) is 6.58. The average Bonchev–Trinajstić information content (AvgIpc) is 2.75. The highest BCUT2D eigenvalue weighted by Crippen LogP contribution is 2.19. The molecule has 10 nitrogen and oxygen atoms in total. The minimum atomic E-state index is -0.700. The van der Waals surface area contributed by atoms with Crippen LogP contribution in [0, 0.1) is 20.2 Å². The maximum absolute atomic E-state index is 13.0. The third-order valence-electron chi connectivity index (χ3n) is 4.43. The molecule has 0 spiro atoms. The number of non-ortho nitro benzene ring substituents is 2. The Kier molecular flexibility index (Phi) is 8.12. The van der Waals surface area contributed by atoms with Crippen LogP contribution in [0.3, 0.4) is 0 Å². The summed E-state index contributed by atoms with van der Waals surface area (Å²) in [5.74, 6) is -1.40. The van der Waals surface area contributed by atoms with Gasteiger partial charge in [-0.25, -0.2) is 0 Å². The molecule has 0 aliphatic carbocycles. The van der Waals surface area contributed by atoms with Crippen LogP contribution < -0.4 is 5.73 Å². The van der Waals surface area contributed by atoms with Crippen molar-refractivity contribution in [3.63, 3.8) is 0 Å². The summed E-state index contributed by atoms with van der Waals surface area (Å²) in [5, 5.41) is 22.0. The van der Waals surface area contributed by atoms with Crippen LogP contribution in [-0.4, -0.2) is 39.7 Å². The van der Waals surface area contributed by atoms with Crippen molar-refractivity contribution >= 4 is 23.2 Å². The van der Waals surface area contributed by atoms with E-state index in [-0.39, 0.29) is 29.0 Å². The molecule has 0 unspecified atom stereocenters. The Morgan fingerprint density at radius 1 is 0.800 bits per heavy atom. The van der Waals surface area contributed by atoms with E-state index in [1.807, 2.05) is 0 Å². The third kappa shape index (κ3) is 5.92. The average molecular weight is 414 g/mol. The molecule has 0 aliphatic heterocycles. The molecule has 2 aromatic rings. The van der Waals surface area contributed by atoms with Crippen LogP contribution >= 0.6 is 0 Å². The first-order valence-electron chi connectivity index (χ1n) is 9.40. The molecule has 30 heavy (non-hydrogen) atoms. The number of carbonyl (C=O) groups is 2.